The van der Waals surface area contributed by atoms with Crippen LogP contribution in [0.25, 0.3) is 11.0 Å². The number of likely N-dealkylation sites (tertiary alicyclic amines) is 1. The Hall–Kier alpha value is -1.39. The summed E-state index contributed by atoms with van der Waals surface area (Å²) in [7, 11) is 2.06. The molecule has 0 spiro atoms. The molecular weight excluding hydrogens is 320 g/mol. The van der Waals surface area contributed by atoms with Crippen LogP contribution in [-0.2, 0) is 0 Å². The molecule has 2 heterocycles. The first-order chi connectivity index (χ1) is 12.3. The molecule has 1 fully saturated rings. The van der Waals surface area contributed by atoms with E-state index in [2.05, 4.69) is 73.1 Å². The van der Waals surface area contributed by atoms with Crippen molar-refractivity contribution in [3.63, 3.8) is 0 Å². The average molecular weight is 357 g/mol. The fraction of sp³-hybridized carbons (Fsp3) is 0.682. The van der Waals surface area contributed by atoms with Crippen LogP contribution < -0.4 is 5.32 Å². The molecule has 0 saturated carbocycles. The quantitative estimate of drug-likeness (QED) is 0.798. The van der Waals surface area contributed by atoms with Crippen LogP contribution in [0.2, 0.25) is 0 Å². The number of nitrogens with one attached hydrogen (secondary N) is 2. The Bertz CT molecular complexity index is 716. The third kappa shape index (κ3) is 4.47. The summed E-state index contributed by atoms with van der Waals surface area (Å²) < 4.78 is 0. The van der Waals surface area contributed by atoms with Gasteiger partial charge < -0.3 is 10.3 Å². The number of benzene rings is 1. The van der Waals surface area contributed by atoms with E-state index in [9.17, 15) is 0 Å². The van der Waals surface area contributed by atoms with Gasteiger partial charge in [-0.15, -0.1) is 0 Å². The highest BCUT2D eigenvalue weighted by Crippen LogP contribution is 2.36. The number of nitrogens with zero attached hydrogens (tertiary/aromatic N) is 2. The zero-order valence-corrected chi connectivity index (χ0v) is 17.2. The molecule has 2 aromatic rings. The third-order valence-corrected chi connectivity index (χ3v) is 6.07. The van der Waals surface area contributed by atoms with Crippen LogP contribution in [0.3, 0.4) is 0 Å². The molecule has 1 atom stereocenters. The minimum absolute atomic E-state index is 0.239. The largest absolute Gasteiger partial charge is 0.345 e. The van der Waals surface area contributed by atoms with Crippen molar-refractivity contribution in [3.8, 4) is 0 Å². The zero-order valence-electron chi connectivity index (χ0n) is 17.2. The minimum atomic E-state index is 0.239. The smallest absolute Gasteiger partial charge is 0.0931 e. The van der Waals surface area contributed by atoms with Gasteiger partial charge in [0.05, 0.1) is 17.4 Å². The van der Waals surface area contributed by atoms with Crippen molar-refractivity contribution in [2.24, 2.45) is 5.41 Å². The highest BCUT2D eigenvalue weighted by molar-refractivity contribution is 5.75. The highest BCUT2D eigenvalue weighted by atomic mass is 15.2. The maximum atomic E-state index is 4.35. The van der Waals surface area contributed by atoms with E-state index >= 15 is 0 Å². The van der Waals surface area contributed by atoms with E-state index in [0.29, 0.717) is 11.3 Å². The molecular formula is C22H36N4. The van der Waals surface area contributed by atoms with Crippen molar-refractivity contribution in [1.29, 1.82) is 0 Å². The van der Waals surface area contributed by atoms with Gasteiger partial charge in [-0.05, 0) is 88.7 Å². The van der Waals surface area contributed by atoms with E-state index < -0.39 is 0 Å². The minimum Gasteiger partial charge on any atom is -0.345 e. The molecule has 1 aromatic heterocycles. The Kier molecular flexibility index (Phi) is 5.73. The molecule has 1 aliphatic rings. The lowest BCUT2D eigenvalue weighted by Crippen LogP contribution is -2.48. The number of H-pyrrole nitrogens is 1. The van der Waals surface area contributed by atoms with E-state index in [1.807, 2.05) is 0 Å². The van der Waals surface area contributed by atoms with Crippen molar-refractivity contribution in [1.82, 2.24) is 20.2 Å². The molecule has 0 aliphatic carbocycles. The van der Waals surface area contributed by atoms with Crippen LogP contribution in [-0.4, -0.2) is 47.1 Å². The van der Waals surface area contributed by atoms with Gasteiger partial charge in [0.25, 0.3) is 0 Å². The van der Waals surface area contributed by atoms with Gasteiger partial charge in [0.2, 0.25) is 0 Å². The van der Waals surface area contributed by atoms with Crippen molar-refractivity contribution >= 4 is 11.0 Å². The Balaban J connectivity index is 1.67. The van der Waals surface area contributed by atoms with Crippen molar-refractivity contribution in [2.75, 3.05) is 26.7 Å². The summed E-state index contributed by atoms with van der Waals surface area (Å²) in [5.41, 5.74) is 4.25. The van der Waals surface area contributed by atoms with E-state index in [0.717, 1.165) is 17.6 Å². The van der Waals surface area contributed by atoms with Gasteiger partial charge in [-0.2, -0.15) is 0 Å². The second-order valence-electron chi connectivity index (χ2n) is 9.48. The number of aromatic nitrogens is 2. The fourth-order valence-corrected chi connectivity index (χ4v) is 5.07. The van der Waals surface area contributed by atoms with Gasteiger partial charge in [-0.1, -0.05) is 19.9 Å². The molecule has 0 radical (unpaired) electrons. The lowest BCUT2D eigenvalue weighted by Gasteiger charge is -2.43. The summed E-state index contributed by atoms with van der Waals surface area (Å²) in [6.07, 6.45) is 6.81. The number of hydrogen-bond donors (Lipinski definition) is 2. The standard InChI is InChI=1S/C22H36N4/c1-21(2,15-23-5)14-22(3,4)26-11-6-7-17(10-12-26)18-8-9-19-20(13-18)25-16-24-19/h8-9,13,16-17,23H,6-7,10-12,14-15H2,1-5H3,(H,24,25). The van der Waals surface area contributed by atoms with Crippen LogP contribution in [0.1, 0.15) is 64.9 Å². The number of hydrogen-bond acceptors (Lipinski definition) is 3. The zero-order chi connectivity index (χ0) is 18.8. The van der Waals surface area contributed by atoms with Gasteiger partial charge in [0.15, 0.2) is 0 Å². The molecule has 1 aromatic carbocycles. The SMILES string of the molecule is CNCC(C)(C)CC(C)(C)N1CCCC(c2ccc3nc[nH]c3c2)CC1. The summed E-state index contributed by atoms with van der Waals surface area (Å²) in [6.45, 7) is 13.1. The van der Waals surface area contributed by atoms with Crippen molar-refractivity contribution in [3.05, 3.63) is 30.1 Å². The second kappa shape index (κ2) is 7.69. The molecule has 1 unspecified atom stereocenters. The molecule has 144 valence electrons. The summed E-state index contributed by atoms with van der Waals surface area (Å²) in [6, 6.07) is 6.75. The number of fused-ring (bicyclic) bond motifs is 1. The van der Waals surface area contributed by atoms with Crippen LogP contribution in [0.15, 0.2) is 24.5 Å². The highest BCUT2D eigenvalue weighted by Gasteiger charge is 2.34. The van der Waals surface area contributed by atoms with Crippen LogP contribution in [0, 0.1) is 5.41 Å². The van der Waals surface area contributed by atoms with Gasteiger partial charge in [0, 0.05) is 12.1 Å². The molecule has 4 heteroatoms. The van der Waals surface area contributed by atoms with Gasteiger partial charge >= 0.3 is 0 Å². The number of rotatable bonds is 6. The van der Waals surface area contributed by atoms with Gasteiger partial charge in [-0.25, -0.2) is 4.98 Å². The molecule has 1 aliphatic heterocycles. The normalized spacial score (nSPS) is 20.4. The van der Waals surface area contributed by atoms with Gasteiger partial charge in [-0.3, -0.25) is 4.90 Å². The monoisotopic (exact) mass is 356 g/mol. The van der Waals surface area contributed by atoms with E-state index in [1.54, 1.807) is 6.33 Å². The average Bonchev–Trinajstić information content (AvgIpc) is 2.87. The molecule has 2 N–H and O–H groups in total. The van der Waals surface area contributed by atoms with Gasteiger partial charge in [0.1, 0.15) is 0 Å². The third-order valence-electron chi connectivity index (χ3n) is 6.07. The molecule has 4 nitrogen and oxygen atoms in total. The maximum Gasteiger partial charge on any atom is 0.0931 e. The summed E-state index contributed by atoms with van der Waals surface area (Å²) >= 11 is 0. The predicted molar refractivity (Wildman–Crippen MR) is 111 cm³/mol. The van der Waals surface area contributed by atoms with Crippen molar-refractivity contribution < 1.29 is 0 Å². The van der Waals surface area contributed by atoms with Crippen molar-refractivity contribution in [2.45, 2.75) is 64.8 Å². The van der Waals surface area contributed by atoms with E-state index in [4.69, 9.17) is 0 Å². The van der Waals surface area contributed by atoms with E-state index in [-0.39, 0.29) is 5.54 Å². The Labute approximate surface area is 158 Å². The Morgan fingerprint density at radius 3 is 2.77 bits per heavy atom. The maximum absolute atomic E-state index is 4.35. The van der Waals surface area contributed by atoms with Crippen LogP contribution in [0.5, 0.6) is 0 Å². The molecule has 0 bridgehead atoms. The summed E-state index contributed by atoms with van der Waals surface area (Å²) in [4.78, 5) is 10.3. The molecule has 3 rings (SSSR count). The number of imidazole rings is 1. The Morgan fingerprint density at radius 1 is 1.19 bits per heavy atom. The van der Waals surface area contributed by atoms with Crippen LogP contribution in [0.4, 0.5) is 0 Å². The fourth-order valence-electron chi connectivity index (χ4n) is 5.07. The first-order valence-corrected chi connectivity index (χ1v) is 10.1. The first-order valence-electron chi connectivity index (χ1n) is 10.1. The lowest BCUT2D eigenvalue weighted by molar-refractivity contribution is 0.0748. The predicted octanol–water partition coefficient (Wildman–Crippen LogP) is 4.55. The summed E-state index contributed by atoms with van der Waals surface area (Å²) in [5, 5.41) is 3.36. The summed E-state index contributed by atoms with van der Waals surface area (Å²) in [5.74, 6) is 0.661. The topological polar surface area (TPSA) is 44.0 Å². The molecule has 0 amide bonds. The lowest BCUT2D eigenvalue weighted by atomic mass is 9.79. The molecule has 1 saturated heterocycles. The first kappa shape index (κ1) is 19.4. The van der Waals surface area contributed by atoms with E-state index in [1.165, 1.54) is 44.3 Å². The number of aromatic amines is 1. The Morgan fingerprint density at radius 2 is 2.00 bits per heavy atom. The van der Waals surface area contributed by atoms with Crippen LogP contribution >= 0.6 is 0 Å². The second-order valence-corrected chi connectivity index (χ2v) is 9.48. The molecule has 26 heavy (non-hydrogen) atoms.